The number of carbonyl (C=O) groups is 1. The number of nitrogens with zero attached hydrogens (tertiary/aromatic N) is 2. The summed E-state index contributed by atoms with van der Waals surface area (Å²) in [6, 6.07) is 18.4. The lowest BCUT2D eigenvalue weighted by Crippen LogP contribution is -2.28. The molecule has 0 radical (unpaired) electrons. The van der Waals surface area contributed by atoms with Crippen LogP contribution in [0.4, 0.5) is 0 Å². The Balaban J connectivity index is 1.34. The van der Waals surface area contributed by atoms with Gasteiger partial charge in [-0.2, -0.15) is 5.10 Å². The summed E-state index contributed by atoms with van der Waals surface area (Å²) in [5, 5.41) is 7.67. The summed E-state index contributed by atoms with van der Waals surface area (Å²) in [5.41, 5.74) is 5.56. The maximum absolute atomic E-state index is 12.7. The number of hydrogen-bond donors (Lipinski definition) is 1. The Labute approximate surface area is 171 Å². The van der Waals surface area contributed by atoms with Gasteiger partial charge in [0, 0.05) is 36.7 Å². The van der Waals surface area contributed by atoms with Crippen molar-refractivity contribution in [3.8, 4) is 17.0 Å². The highest BCUT2D eigenvalue weighted by Gasteiger charge is 2.28. The van der Waals surface area contributed by atoms with Gasteiger partial charge in [-0.1, -0.05) is 42.0 Å². The molecule has 1 aliphatic heterocycles. The van der Waals surface area contributed by atoms with Crippen LogP contribution in [0.5, 0.6) is 5.75 Å². The maximum atomic E-state index is 12.7. The number of likely N-dealkylation sites (tertiary alicyclic amines) is 1. The molecule has 0 bridgehead atoms. The van der Waals surface area contributed by atoms with E-state index in [1.165, 1.54) is 5.56 Å². The fourth-order valence-corrected chi connectivity index (χ4v) is 3.90. The van der Waals surface area contributed by atoms with Crippen LogP contribution >= 0.6 is 0 Å². The number of carbonyl (C=O) groups excluding carboxylic acids is 1. The lowest BCUT2D eigenvalue weighted by atomic mass is 10.0. The van der Waals surface area contributed by atoms with Crippen molar-refractivity contribution >= 4 is 5.91 Å². The maximum Gasteiger partial charge on any atom is 0.222 e. The molecule has 29 heavy (non-hydrogen) atoms. The number of benzene rings is 2. The summed E-state index contributed by atoms with van der Waals surface area (Å²) in [5.74, 6) is 1.37. The van der Waals surface area contributed by atoms with E-state index in [2.05, 4.69) is 47.5 Å². The molecule has 0 spiro atoms. The number of H-pyrrole nitrogens is 1. The first-order valence-corrected chi connectivity index (χ1v) is 10.2. The van der Waals surface area contributed by atoms with Crippen molar-refractivity contribution in [3.05, 3.63) is 71.4 Å². The lowest BCUT2D eigenvalue weighted by Gasteiger charge is -2.16. The highest BCUT2D eigenvalue weighted by molar-refractivity contribution is 5.77. The van der Waals surface area contributed by atoms with Crippen molar-refractivity contribution in [2.45, 2.75) is 32.1 Å². The van der Waals surface area contributed by atoms with Crippen LogP contribution in [0, 0.1) is 6.92 Å². The number of methoxy groups -OCH3 is 1. The molecule has 1 saturated heterocycles. The average Bonchev–Trinajstić information content (AvgIpc) is 3.42. The number of ether oxygens (including phenoxy) is 1. The van der Waals surface area contributed by atoms with Gasteiger partial charge in [-0.3, -0.25) is 9.89 Å². The summed E-state index contributed by atoms with van der Waals surface area (Å²) in [6.45, 7) is 3.64. The van der Waals surface area contributed by atoms with Crippen LogP contribution in [0.1, 0.15) is 35.6 Å². The van der Waals surface area contributed by atoms with E-state index in [9.17, 15) is 4.79 Å². The van der Waals surface area contributed by atoms with Crippen LogP contribution in [0.25, 0.3) is 11.3 Å². The molecular formula is C24H27N3O2. The molecule has 2 aromatic carbocycles. The van der Waals surface area contributed by atoms with E-state index in [0.717, 1.165) is 54.2 Å². The van der Waals surface area contributed by atoms with Crippen molar-refractivity contribution < 1.29 is 9.53 Å². The normalized spacial score (nSPS) is 16.2. The summed E-state index contributed by atoms with van der Waals surface area (Å²) >= 11 is 0. The van der Waals surface area contributed by atoms with E-state index >= 15 is 0 Å². The van der Waals surface area contributed by atoms with E-state index < -0.39 is 0 Å². The number of nitrogens with one attached hydrogen (secondary N) is 1. The number of rotatable bonds is 6. The SMILES string of the molecule is COc1cccc(CCC(=O)N2CCC(c3cc(-c4ccc(C)cc4)n[nH]3)C2)c1. The Hall–Kier alpha value is -3.08. The van der Waals surface area contributed by atoms with E-state index in [1.54, 1.807) is 7.11 Å². The zero-order valence-electron chi connectivity index (χ0n) is 17.0. The molecule has 1 N–H and O–H groups in total. The molecule has 150 valence electrons. The number of amides is 1. The quantitative estimate of drug-likeness (QED) is 0.682. The summed E-state index contributed by atoms with van der Waals surface area (Å²) < 4.78 is 5.26. The van der Waals surface area contributed by atoms with Gasteiger partial charge >= 0.3 is 0 Å². The average molecular weight is 389 g/mol. The van der Waals surface area contributed by atoms with Crippen LogP contribution in [0.2, 0.25) is 0 Å². The second kappa shape index (κ2) is 8.52. The largest absolute Gasteiger partial charge is 0.497 e. The van der Waals surface area contributed by atoms with Crippen molar-refractivity contribution in [1.82, 2.24) is 15.1 Å². The van der Waals surface area contributed by atoms with Gasteiger partial charge in [0.25, 0.3) is 0 Å². The van der Waals surface area contributed by atoms with E-state index in [0.29, 0.717) is 12.3 Å². The van der Waals surface area contributed by atoms with Crippen molar-refractivity contribution in [2.24, 2.45) is 0 Å². The van der Waals surface area contributed by atoms with Crippen LogP contribution in [0.3, 0.4) is 0 Å². The van der Waals surface area contributed by atoms with Crippen LogP contribution in [-0.4, -0.2) is 41.2 Å². The Bertz CT molecular complexity index is 978. The Kier molecular flexibility index (Phi) is 5.65. The molecule has 1 unspecified atom stereocenters. The first kappa shape index (κ1) is 19.2. The first-order valence-electron chi connectivity index (χ1n) is 10.2. The monoisotopic (exact) mass is 389 g/mol. The molecule has 0 saturated carbocycles. The standard InChI is InChI=1S/C24H27N3O2/c1-17-6-9-19(10-7-17)22-15-23(26-25-22)20-12-13-27(16-20)24(28)11-8-18-4-3-5-21(14-18)29-2/h3-7,9-10,14-15,20H,8,11-13,16H2,1-2H3,(H,25,26). The van der Waals surface area contributed by atoms with Gasteiger partial charge in [0.05, 0.1) is 12.8 Å². The molecule has 5 nitrogen and oxygen atoms in total. The van der Waals surface area contributed by atoms with Gasteiger partial charge in [0.15, 0.2) is 0 Å². The third-order valence-electron chi connectivity index (χ3n) is 5.69. The Morgan fingerprint density at radius 3 is 2.83 bits per heavy atom. The van der Waals surface area contributed by atoms with Gasteiger partial charge in [-0.25, -0.2) is 0 Å². The zero-order valence-corrected chi connectivity index (χ0v) is 17.0. The predicted octanol–water partition coefficient (Wildman–Crippen LogP) is 4.34. The van der Waals surface area contributed by atoms with Gasteiger partial charge in [-0.15, -0.1) is 0 Å². The third-order valence-corrected chi connectivity index (χ3v) is 5.69. The Morgan fingerprint density at radius 2 is 2.03 bits per heavy atom. The van der Waals surface area contributed by atoms with Gasteiger partial charge < -0.3 is 9.64 Å². The summed E-state index contributed by atoms with van der Waals surface area (Å²) in [4.78, 5) is 14.7. The van der Waals surface area contributed by atoms with Gasteiger partial charge in [0.1, 0.15) is 5.75 Å². The van der Waals surface area contributed by atoms with Crippen LogP contribution < -0.4 is 4.74 Å². The number of aryl methyl sites for hydroxylation is 2. The van der Waals surface area contributed by atoms with Crippen LogP contribution in [-0.2, 0) is 11.2 Å². The van der Waals surface area contributed by atoms with Crippen LogP contribution in [0.15, 0.2) is 54.6 Å². The van der Waals surface area contributed by atoms with Crippen molar-refractivity contribution in [1.29, 1.82) is 0 Å². The van der Waals surface area contributed by atoms with E-state index in [1.807, 2.05) is 29.2 Å². The number of aromatic nitrogens is 2. The fourth-order valence-electron chi connectivity index (χ4n) is 3.90. The molecule has 1 aromatic heterocycles. The molecule has 3 aromatic rings. The Morgan fingerprint density at radius 1 is 1.21 bits per heavy atom. The summed E-state index contributed by atoms with van der Waals surface area (Å²) in [6.07, 6.45) is 2.23. The van der Waals surface area contributed by atoms with Crippen molar-refractivity contribution in [3.63, 3.8) is 0 Å². The predicted molar refractivity (Wildman–Crippen MR) is 114 cm³/mol. The fraction of sp³-hybridized carbons (Fsp3) is 0.333. The first-order chi connectivity index (χ1) is 14.1. The van der Waals surface area contributed by atoms with Crippen molar-refractivity contribution in [2.75, 3.05) is 20.2 Å². The minimum absolute atomic E-state index is 0.216. The second-order valence-electron chi connectivity index (χ2n) is 7.75. The zero-order chi connectivity index (χ0) is 20.2. The molecule has 5 heteroatoms. The molecule has 1 fully saturated rings. The molecule has 4 rings (SSSR count). The van der Waals surface area contributed by atoms with E-state index in [-0.39, 0.29) is 5.91 Å². The smallest absolute Gasteiger partial charge is 0.222 e. The third kappa shape index (κ3) is 4.50. The number of aromatic amines is 1. The highest BCUT2D eigenvalue weighted by Crippen LogP contribution is 2.29. The molecule has 1 amide bonds. The molecular weight excluding hydrogens is 362 g/mol. The minimum atomic E-state index is 0.216. The van der Waals surface area contributed by atoms with Gasteiger partial charge in [-0.05, 0) is 43.5 Å². The molecule has 0 aliphatic carbocycles. The molecule has 1 aliphatic rings. The topological polar surface area (TPSA) is 58.2 Å². The molecule has 2 heterocycles. The highest BCUT2D eigenvalue weighted by atomic mass is 16.5. The van der Waals surface area contributed by atoms with Gasteiger partial charge in [0.2, 0.25) is 5.91 Å². The second-order valence-corrected chi connectivity index (χ2v) is 7.75. The number of hydrogen-bond acceptors (Lipinski definition) is 3. The molecule has 1 atom stereocenters. The minimum Gasteiger partial charge on any atom is -0.497 e. The lowest BCUT2D eigenvalue weighted by molar-refractivity contribution is -0.130. The van der Waals surface area contributed by atoms with E-state index in [4.69, 9.17) is 4.74 Å². The summed E-state index contributed by atoms with van der Waals surface area (Å²) in [7, 11) is 1.66.